The normalized spacial score (nSPS) is 10.6. The lowest BCUT2D eigenvalue weighted by atomic mass is 10.1. The van der Waals surface area contributed by atoms with E-state index in [0.29, 0.717) is 21.6 Å². The van der Waals surface area contributed by atoms with Gasteiger partial charge in [-0.15, -0.1) is 0 Å². The van der Waals surface area contributed by atoms with Gasteiger partial charge in [0.15, 0.2) is 5.76 Å². The summed E-state index contributed by atoms with van der Waals surface area (Å²) in [5, 5.41) is 3.82. The molecule has 1 N–H and O–H groups in total. The van der Waals surface area contributed by atoms with Gasteiger partial charge >= 0.3 is 0 Å². The highest BCUT2D eigenvalue weighted by Crippen LogP contribution is 2.28. The fourth-order valence-corrected chi connectivity index (χ4v) is 2.92. The number of rotatable bonds is 6. The molecule has 0 bridgehead atoms. The summed E-state index contributed by atoms with van der Waals surface area (Å²) in [7, 11) is 0. The number of aryl methyl sites for hydroxylation is 1. The van der Waals surface area contributed by atoms with Gasteiger partial charge in [-0.3, -0.25) is 4.79 Å². The average Bonchev–Trinajstić information content (AvgIpc) is 3.10. The molecule has 0 saturated heterocycles. The maximum absolute atomic E-state index is 12.4. The number of carbonyl (C=O) groups excluding carboxylic acids is 1. The van der Waals surface area contributed by atoms with Crippen molar-refractivity contribution in [1.82, 2.24) is 0 Å². The number of benzene rings is 2. The standard InChI is InChI=1S/C20H17Cl2NO3/c1-2-13-5-3-4-6-17(13)23-20(24)19-10-8-15(26-19)12-25-18-9-7-14(21)11-16(18)22/h3-11H,2,12H2,1H3,(H,23,24). The molecule has 4 nitrogen and oxygen atoms in total. The molecule has 2 aromatic carbocycles. The topological polar surface area (TPSA) is 51.5 Å². The molecule has 0 radical (unpaired) electrons. The second-order valence-corrected chi connectivity index (χ2v) is 6.44. The number of anilines is 1. The Morgan fingerprint density at radius 3 is 2.69 bits per heavy atom. The molecule has 0 unspecified atom stereocenters. The van der Waals surface area contributed by atoms with Crippen LogP contribution in [0.1, 0.15) is 28.8 Å². The zero-order chi connectivity index (χ0) is 18.5. The predicted molar refractivity (Wildman–Crippen MR) is 103 cm³/mol. The summed E-state index contributed by atoms with van der Waals surface area (Å²) in [6.07, 6.45) is 0.829. The zero-order valence-corrected chi connectivity index (χ0v) is 15.6. The summed E-state index contributed by atoms with van der Waals surface area (Å²) >= 11 is 11.9. The van der Waals surface area contributed by atoms with Crippen molar-refractivity contribution in [3.63, 3.8) is 0 Å². The van der Waals surface area contributed by atoms with Crippen molar-refractivity contribution >= 4 is 34.8 Å². The van der Waals surface area contributed by atoms with Crippen molar-refractivity contribution in [3.8, 4) is 5.75 Å². The lowest BCUT2D eigenvalue weighted by Crippen LogP contribution is -2.12. The van der Waals surface area contributed by atoms with Crippen LogP contribution in [0.5, 0.6) is 5.75 Å². The van der Waals surface area contributed by atoms with Crippen molar-refractivity contribution < 1.29 is 13.9 Å². The van der Waals surface area contributed by atoms with E-state index in [-0.39, 0.29) is 18.3 Å². The third kappa shape index (κ3) is 4.40. The Morgan fingerprint density at radius 1 is 1.12 bits per heavy atom. The highest BCUT2D eigenvalue weighted by atomic mass is 35.5. The summed E-state index contributed by atoms with van der Waals surface area (Å²) in [4.78, 5) is 12.4. The van der Waals surface area contributed by atoms with Crippen molar-refractivity contribution in [3.05, 3.63) is 81.7 Å². The fourth-order valence-electron chi connectivity index (χ4n) is 2.45. The van der Waals surface area contributed by atoms with Crippen LogP contribution in [0.2, 0.25) is 10.0 Å². The Morgan fingerprint density at radius 2 is 1.92 bits per heavy atom. The van der Waals surface area contributed by atoms with Gasteiger partial charge in [-0.2, -0.15) is 0 Å². The van der Waals surface area contributed by atoms with Crippen molar-refractivity contribution in [2.24, 2.45) is 0 Å². The Labute approximate surface area is 161 Å². The zero-order valence-electron chi connectivity index (χ0n) is 14.1. The van der Waals surface area contributed by atoms with E-state index < -0.39 is 0 Å². The summed E-state index contributed by atoms with van der Waals surface area (Å²) in [6.45, 7) is 2.19. The van der Waals surface area contributed by atoms with Gasteiger partial charge in [0.05, 0.1) is 5.02 Å². The molecule has 3 aromatic rings. The molecule has 0 atom stereocenters. The Kier molecular flexibility index (Phi) is 5.86. The molecule has 0 saturated carbocycles. The largest absolute Gasteiger partial charge is 0.484 e. The number of amides is 1. The van der Waals surface area contributed by atoms with E-state index in [1.54, 1.807) is 30.3 Å². The van der Waals surface area contributed by atoms with E-state index in [2.05, 4.69) is 5.32 Å². The molecular formula is C20H17Cl2NO3. The fraction of sp³-hybridized carbons (Fsp3) is 0.150. The molecule has 1 amide bonds. The van der Waals surface area contributed by atoms with Crippen LogP contribution in [-0.4, -0.2) is 5.91 Å². The van der Waals surface area contributed by atoms with E-state index >= 15 is 0 Å². The van der Waals surface area contributed by atoms with Crippen molar-refractivity contribution in [2.45, 2.75) is 20.0 Å². The minimum absolute atomic E-state index is 0.153. The van der Waals surface area contributed by atoms with Gasteiger partial charge in [-0.25, -0.2) is 0 Å². The number of hydrogen-bond donors (Lipinski definition) is 1. The van der Waals surface area contributed by atoms with E-state index in [0.717, 1.165) is 17.7 Å². The lowest BCUT2D eigenvalue weighted by molar-refractivity contribution is 0.0992. The van der Waals surface area contributed by atoms with Gasteiger partial charge in [0, 0.05) is 10.7 Å². The van der Waals surface area contributed by atoms with Gasteiger partial charge < -0.3 is 14.5 Å². The van der Waals surface area contributed by atoms with Crippen LogP contribution >= 0.6 is 23.2 Å². The molecule has 0 aliphatic carbocycles. The van der Waals surface area contributed by atoms with Gasteiger partial charge in [0.25, 0.3) is 5.91 Å². The van der Waals surface area contributed by atoms with E-state index in [4.69, 9.17) is 32.4 Å². The van der Waals surface area contributed by atoms with Crippen LogP contribution < -0.4 is 10.1 Å². The summed E-state index contributed by atoms with van der Waals surface area (Å²) in [5.41, 5.74) is 1.84. The number of furan rings is 1. The maximum atomic E-state index is 12.4. The van der Waals surface area contributed by atoms with Crippen LogP contribution in [0.3, 0.4) is 0 Å². The second-order valence-electron chi connectivity index (χ2n) is 5.59. The number of hydrogen-bond acceptors (Lipinski definition) is 3. The Bertz CT molecular complexity index is 921. The first kappa shape index (κ1) is 18.4. The number of carbonyl (C=O) groups is 1. The highest BCUT2D eigenvalue weighted by Gasteiger charge is 2.13. The SMILES string of the molecule is CCc1ccccc1NC(=O)c1ccc(COc2ccc(Cl)cc2Cl)o1. The second kappa shape index (κ2) is 8.30. The smallest absolute Gasteiger partial charge is 0.291 e. The first-order chi connectivity index (χ1) is 12.6. The third-order valence-corrected chi connectivity index (χ3v) is 4.33. The van der Waals surface area contributed by atoms with Crippen LogP contribution in [0.15, 0.2) is 59.0 Å². The minimum Gasteiger partial charge on any atom is -0.484 e. The Hall–Kier alpha value is -2.43. The molecule has 1 aromatic heterocycles. The van der Waals surface area contributed by atoms with Crippen LogP contribution in [0, 0.1) is 0 Å². The third-order valence-electron chi connectivity index (χ3n) is 3.80. The minimum atomic E-state index is -0.304. The van der Waals surface area contributed by atoms with Gasteiger partial charge in [-0.05, 0) is 48.4 Å². The molecule has 1 heterocycles. The maximum Gasteiger partial charge on any atom is 0.291 e. The molecule has 0 aliphatic rings. The Balaban J connectivity index is 1.64. The van der Waals surface area contributed by atoms with Crippen molar-refractivity contribution in [2.75, 3.05) is 5.32 Å². The molecule has 0 aliphatic heterocycles. The number of ether oxygens (including phenoxy) is 1. The summed E-state index contributed by atoms with van der Waals surface area (Å²) < 4.78 is 11.2. The molecule has 3 rings (SSSR count). The molecule has 134 valence electrons. The molecule has 0 spiro atoms. The summed E-state index contributed by atoms with van der Waals surface area (Å²) in [5.74, 6) is 0.929. The van der Waals surface area contributed by atoms with Gasteiger partial charge in [-0.1, -0.05) is 48.3 Å². The number of para-hydroxylation sites is 1. The first-order valence-electron chi connectivity index (χ1n) is 8.12. The average molecular weight is 390 g/mol. The predicted octanol–water partition coefficient (Wildman–Crippen LogP) is 5.98. The van der Waals surface area contributed by atoms with Gasteiger partial charge in [0.2, 0.25) is 0 Å². The van der Waals surface area contributed by atoms with Gasteiger partial charge in [0.1, 0.15) is 18.1 Å². The quantitative estimate of drug-likeness (QED) is 0.563. The van der Waals surface area contributed by atoms with Crippen LogP contribution in [0.25, 0.3) is 0 Å². The molecule has 26 heavy (non-hydrogen) atoms. The number of halogens is 2. The monoisotopic (exact) mass is 389 g/mol. The molecule has 0 fully saturated rings. The summed E-state index contributed by atoms with van der Waals surface area (Å²) in [6, 6.07) is 16.0. The lowest BCUT2D eigenvalue weighted by Gasteiger charge is -2.08. The van der Waals surface area contributed by atoms with E-state index in [9.17, 15) is 4.79 Å². The number of nitrogens with one attached hydrogen (secondary N) is 1. The van der Waals surface area contributed by atoms with Crippen LogP contribution in [0.4, 0.5) is 5.69 Å². The first-order valence-corrected chi connectivity index (χ1v) is 8.88. The van der Waals surface area contributed by atoms with E-state index in [1.165, 1.54) is 0 Å². The van der Waals surface area contributed by atoms with E-state index in [1.807, 2.05) is 31.2 Å². The molecular weight excluding hydrogens is 373 g/mol. The van der Waals surface area contributed by atoms with Crippen molar-refractivity contribution in [1.29, 1.82) is 0 Å². The highest BCUT2D eigenvalue weighted by molar-refractivity contribution is 6.35. The molecule has 6 heteroatoms. The van der Waals surface area contributed by atoms with Crippen LogP contribution in [-0.2, 0) is 13.0 Å².